The van der Waals surface area contributed by atoms with E-state index in [1.165, 1.54) is 19.2 Å². The van der Waals surface area contributed by atoms with Crippen LogP contribution in [0.25, 0.3) is 0 Å². The number of esters is 1. The molecular weight excluding hydrogens is 517 g/mol. The van der Waals surface area contributed by atoms with Crippen molar-refractivity contribution in [3.63, 3.8) is 0 Å². The molecule has 5 nitrogen and oxygen atoms in total. The standard InChI is InChI=1S/C16H18F13NO4/c1-4-33-10(32)30-8(9(31)34-6-7(2)3)5-11(17,18)12(19,20)13(21,22)14(23,24)15(25,26)16(27,28)29/h7-8H,4-6H2,1-3H3,(H,30,32). The molecular formula is C16H18F13NO4. The van der Waals surface area contributed by atoms with Crippen LogP contribution in [0.4, 0.5) is 61.9 Å². The van der Waals surface area contributed by atoms with Crippen molar-refractivity contribution >= 4 is 12.1 Å². The summed E-state index contributed by atoms with van der Waals surface area (Å²) in [5.41, 5.74) is 0. The molecule has 0 saturated carbocycles. The minimum Gasteiger partial charge on any atom is -0.464 e. The van der Waals surface area contributed by atoms with E-state index in [0.29, 0.717) is 0 Å². The highest BCUT2D eigenvalue weighted by Crippen LogP contribution is 2.60. The minimum absolute atomic E-state index is 0.497. The number of alkyl carbamates (subject to hydrolysis) is 1. The Morgan fingerprint density at radius 3 is 1.56 bits per heavy atom. The van der Waals surface area contributed by atoms with Gasteiger partial charge in [-0.1, -0.05) is 13.8 Å². The molecule has 0 saturated heterocycles. The van der Waals surface area contributed by atoms with Crippen LogP contribution < -0.4 is 5.32 Å². The summed E-state index contributed by atoms with van der Waals surface area (Å²) in [4.78, 5) is 23.2. The molecule has 0 aliphatic carbocycles. The van der Waals surface area contributed by atoms with Gasteiger partial charge in [0.2, 0.25) is 0 Å². The molecule has 1 N–H and O–H groups in total. The predicted molar refractivity (Wildman–Crippen MR) is 85.1 cm³/mol. The zero-order valence-corrected chi connectivity index (χ0v) is 17.3. The zero-order valence-electron chi connectivity index (χ0n) is 17.3. The Morgan fingerprint density at radius 2 is 1.18 bits per heavy atom. The van der Waals surface area contributed by atoms with Gasteiger partial charge in [-0.2, -0.15) is 57.1 Å². The summed E-state index contributed by atoms with van der Waals surface area (Å²) in [6.45, 7) is 2.80. The number of alkyl halides is 13. The molecule has 0 fully saturated rings. The third-order valence-corrected chi connectivity index (χ3v) is 3.87. The van der Waals surface area contributed by atoms with Gasteiger partial charge in [-0.05, 0) is 12.8 Å². The second kappa shape index (κ2) is 10.2. The number of amides is 1. The van der Waals surface area contributed by atoms with E-state index in [1.54, 1.807) is 0 Å². The average molecular weight is 535 g/mol. The second-order valence-electron chi connectivity index (χ2n) is 7.15. The first kappa shape index (κ1) is 31.8. The third kappa shape index (κ3) is 6.09. The van der Waals surface area contributed by atoms with Crippen LogP contribution in [-0.2, 0) is 14.3 Å². The quantitative estimate of drug-likeness (QED) is 0.283. The number of hydrogen-bond acceptors (Lipinski definition) is 4. The van der Waals surface area contributed by atoms with Crippen molar-refractivity contribution < 1.29 is 76.1 Å². The molecule has 1 atom stereocenters. The van der Waals surface area contributed by atoms with Crippen molar-refractivity contribution in [1.29, 1.82) is 0 Å². The number of carbonyl (C=O) groups excluding carboxylic acids is 2. The van der Waals surface area contributed by atoms with Crippen LogP contribution in [0.2, 0.25) is 0 Å². The maximum absolute atomic E-state index is 14.1. The van der Waals surface area contributed by atoms with Gasteiger partial charge in [0.25, 0.3) is 0 Å². The fourth-order valence-corrected chi connectivity index (χ4v) is 2.04. The van der Waals surface area contributed by atoms with Gasteiger partial charge in [-0.15, -0.1) is 0 Å². The Morgan fingerprint density at radius 1 is 0.735 bits per heavy atom. The SMILES string of the molecule is CCOC(=O)NC(CC(F)(F)C(F)(F)C(F)(F)C(F)(F)C(F)(F)C(F)(F)F)C(=O)OCC(C)C. The lowest BCUT2D eigenvalue weighted by atomic mass is 9.91. The molecule has 0 bridgehead atoms. The summed E-state index contributed by atoms with van der Waals surface area (Å²) in [6, 6.07) is -2.99. The maximum Gasteiger partial charge on any atom is 0.460 e. The largest absolute Gasteiger partial charge is 0.464 e. The number of nitrogens with one attached hydrogen (secondary N) is 1. The summed E-state index contributed by atoms with van der Waals surface area (Å²) in [5.74, 6) is -40.7. The van der Waals surface area contributed by atoms with Crippen molar-refractivity contribution in [1.82, 2.24) is 5.32 Å². The molecule has 1 amide bonds. The van der Waals surface area contributed by atoms with E-state index < -0.39 is 79.4 Å². The summed E-state index contributed by atoms with van der Waals surface area (Å²) in [7, 11) is 0. The Hall–Kier alpha value is -2.17. The van der Waals surface area contributed by atoms with Crippen LogP contribution in [0, 0.1) is 5.92 Å². The van der Waals surface area contributed by atoms with Crippen LogP contribution in [0.15, 0.2) is 0 Å². The van der Waals surface area contributed by atoms with Crippen molar-refractivity contribution in [2.75, 3.05) is 13.2 Å². The Labute approximate surface area is 182 Å². The van der Waals surface area contributed by atoms with Crippen molar-refractivity contribution in [2.24, 2.45) is 5.92 Å². The molecule has 1 unspecified atom stereocenters. The Balaban J connectivity index is 6.28. The van der Waals surface area contributed by atoms with Gasteiger partial charge >= 0.3 is 47.9 Å². The topological polar surface area (TPSA) is 64.6 Å². The van der Waals surface area contributed by atoms with Gasteiger partial charge in [-0.3, -0.25) is 0 Å². The minimum atomic E-state index is -8.08. The molecule has 202 valence electrons. The monoisotopic (exact) mass is 535 g/mol. The van der Waals surface area contributed by atoms with E-state index in [1.807, 2.05) is 0 Å². The smallest absolute Gasteiger partial charge is 0.460 e. The Bertz CT molecular complexity index is 722. The van der Waals surface area contributed by atoms with E-state index in [4.69, 9.17) is 0 Å². The molecule has 0 aliphatic heterocycles. The normalized spacial score (nSPS) is 15.2. The van der Waals surface area contributed by atoms with Gasteiger partial charge in [0, 0.05) is 6.42 Å². The molecule has 34 heavy (non-hydrogen) atoms. The van der Waals surface area contributed by atoms with Crippen LogP contribution in [0.3, 0.4) is 0 Å². The first-order valence-corrected chi connectivity index (χ1v) is 8.96. The van der Waals surface area contributed by atoms with E-state index in [-0.39, 0.29) is 0 Å². The van der Waals surface area contributed by atoms with Crippen LogP contribution in [-0.4, -0.2) is 67.1 Å². The van der Waals surface area contributed by atoms with Crippen LogP contribution in [0.1, 0.15) is 27.2 Å². The van der Waals surface area contributed by atoms with E-state index >= 15 is 0 Å². The number of rotatable bonds is 11. The molecule has 0 rings (SSSR count). The summed E-state index contributed by atoms with van der Waals surface area (Å²) >= 11 is 0. The van der Waals surface area contributed by atoms with Crippen LogP contribution in [0.5, 0.6) is 0 Å². The van der Waals surface area contributed by atoms with Gasteiger partial charge in [0.15, 0.2) is 0 Å². The lowest BCUT2D eigenvalue weighted by molar-refractivity contribution is -0.440. The fourth-order valence-electron chi connectivity index (χ4n) is 2.04. The van der Waals surface area contributed by atoms with Crippen molar-refractivity contribution in [2.45, 2.75) is 69.0 Å². The van der Waals surface area contributed by atoms with Gasteiger partial charge in [0.05, 0.1) is 13.2 Å². The maximum atomic E-state index is 14.1. The molecule has 0 radical (unpaired) electrons. The highest BCUT2D eigenvalue weighted by molar-refractivity contribution is 5.81. The molecule has 18 heteroatoms. The number of ether oxygens (including phenoxy) is 2. The molecule has 0 aliphatic rings. The highest BCUT2D eigenvalue weighted by atomic mass is 19.4. The Kier molecular flexibility index (Phi) is 9.56. The predicted octanol–water partition coefficient (Wildman–Crippen LogP) is 5.43. The molecule has 0 aromatic heterocycles. The average Bonchev–Trinajstić information content (AvgIpc) is 2.63. The lowest BCUT2D eigenvalue weighted by Crippen LogP contribution is -2.70. The van der Waals surface area contributed by atoms with Gasteiger partial charge in [-0.25, -0.2) is 9.59 Å². The molecule has 0 aromatic carbocycles. The van der Waals surface area contributed by atoms with Crippen molar-refractivity contribution in [3.05, 3.63) is 0 Å². The lowest BCUT2D eigenvalue weighted by Gasteiger charge is -2.40. The first-order chi connectivity index (χ1) is 14.9. The number of halogens is 13. The van der Waals surface area contributed by atoms with Gasteiger partial charge in [0.1, 0.15) is 6.04 Å². The van der Waals surface area contributed by atoms with E-state index in [0.717, 1.165) is 6.92 Å². The van der Waals surface area contributed by atoms with E-state index in [9.17, 15) is 66.7 Å². The fraction of sp³-hybridized carbons (Fsp3) is 0.875. The number of carbonyl (C=O) groups is 2. The van der Waals surface area contributed by atoms with E-state index in [2.05, 4.69) is 9.47 Å². The molecule has 0 spiro atoms. The third-order valence-electron chi connectivity index (χ3n) is 3.87. The number of hydrogen-bond donors (Lipinski definition) is 1. The zero-order chi connectivity index (χ0) is 27.6. The summed E-state index contributed by atoms with van der Waals surface area (Å²) < 4.78 is 180. The second-order valence-corrected chi connectivity index (χ2v) is 7.15. The first-order valence-electron chi connectivity index (χ1n) is 8.96. The molecule has 0 aromatic rings. The highest BCUT2D eigenvalue weighted by Gasteiger charge is 2.90. The van der Waals surface area contributed by atoms with Gasteiger partial charge < -0.3 is 14.8 Å². The summed E-state index contributed by atoms with van der Waals surface area (Å²) in [6.07, 6.45) is -12.3. The van der Waals surface area contributed by atoms with Crippen LogP contribution >= 0.6 is 0 Å². The summed E-state index contributed by atoms with van der Waals surface area (Å²) in [5, 5.41) is 1.20. The molecule has 0 heterocycles. The van der Waals surface area contributed by atoms with Crippen molar-refractivity contribution in [3.8, 4) is 0 Å².